The average molecular weight is 345 g/mol. The van der Waals surface area contributed by atoms with Gasteiger partial charge in [-0.3, -0.25) is 9.59 Å². The Morgan fingerprint density at radius 3 is 1.56 bits per heavy atom. The largest absolute Gasteiger partial charge is 0.272 e. The Balaban J connectivity index is 0.00000225. The minimum atomic E-state index is -0.604. The van der Waals surface area contributed by atoms with Crippen LogP contribution in [0.1, 0.15) is 26.7 Å². The summed E-state index contributed by atoms with van der Waals surface area (Å²) in [6.45, 7) is 4.21. The molecule has 1 saturated heterocycles. The zero-order valence-electron chi connectivity index (χ0n) is 15.1. The van der Waals surface area contributed by atoms with Crippen LogP contribution in [0.15, 0.2) is 60.7 Å². The summed E-state index contributed by atoms with van der Waals surface area (Å²) < 4.78 is 0. The van der Waals surface area contributed by atoms with Gasteiger partial charge in [0.1, 0.15) is 5.92 Å². The first-order valence-electron chi connectivity index (χ1n) is 8.37. The van der Waals surface area contributed by atoms with E-state index in [9.17, 15) is 9.59 Å². The zero-order chi connectivity index (χ0) is 17.1. The molecule has 5 heteroatoms. The Labute approximate surface area is 171 Å². The van der Waals surface area contributed by atoms with Gasteiger partial charge in [0, 0.05) is 29.6 Å². The molecule has 0 N–H and O–H groups in total. The molecule has 0 aromatic heterocycles. The SMILES string of the molecule is CC(C)CCC1C(=O)N(c2ccccc2)N(c2ccccc2)C1=O.[Na]. The third-order valence-corrected chi connectivity index (χ3v) is 4.25. The van der Waals surface area contributed by atoms with E-state index in [0.29, 0.717) is 23.7 Å². The van der Waals surface area contributed by atoms with Crippen molar-refractivity contribution in [1.29, 1.82) is 0 Å². The van der Waals surface area contributed by atoms with Crippen LogP contribution < -0.4 is 10.0 Å². The van der Waals surface area contributed by atoms with Crippen molar-refractivity contribution in [2.24, 2.45) is 11.8 Å². The second-order valence-corrected chi connectivity index (χ2v) is 6.49. The second-order valence-electron chi connectivity index (χ2n) is 6.49. The molecular weight excluding hydrogens is 323 g/mol. The van der Waals surface area contributed by atoms with Gasteiger partial charge in [0.25, 0.3) is 11.8 Å². The molecule has 2 aromatic rings. The number of benzene rings is 2. The molecule has 1 heterocycles. The number of hydrogen-bond acceptors (Lipinski definition) is 2. The Morgan fingerprint density at radius 1 is 0.800 bits per heavy atom. The predicted octanol–water partition coefficient (Wildman–Crippen LogP) is 3.65. The normalized spacial score (nSPS) is 15.0. The smallest absolute Gasteiger partial charge is 0.258 e. The molecule has 2 amide bonds. The van der Waals surface area contributed by atoms with E-state index in [1.807, 2.05) is 60.7 Å². The van der Waals surface area contributed by atoms with Crippen LogP contribution in [-0.4, -0.2) is 41.4 Å². The Kier molecular flexibility index (Phi) is 6.82. The molecule has 0 atom stereocenters. The number of anilines is 2. The fourth-order valence-electron chi connectivity index (χ4n) is 2.97. The van der Waals surface area contributed by atoms with Crippen LogP contribution in [0.5, 0.6) is 0 Å². The van der Waals surface area contributed by atoms with Crippen LogP contribution in [0, 0.1) is 11.8 Å². The summed E-state index contributed by atoms with van der Waals surface area (Å²) in [7, 11) is 0. The minimum absolute atomic E-state index is 0. The van der Waals surface area contributed by atoms with Gasteiger partial charge in [0.15, 0.2) is 0 Å². The van der Waals surface area contributed by atoms with Crippen LogP contribution in [0.3, 0.4) is 0 Å². The molecule has 0 bridgehead atoms. The minimum Gasteiger partial charge on any atom is -0.272 e. The van der Waals surface area contributed by atoms with Crippen molar-refractivity contribution in [3.8, 4) is 0 Å². The van der Waals surface area contributed by atoms with E-state index >= 15 is 0 Å². The van der Waals surface area contributed by atoms with E-state index in [4.69, 9.17) is 0 Å². The van der Waals surface area contributed by atoms with Gasteiger partial charge in [-0.1, -0.05) is 50.2 Å². The van der Waals surface area contributed by atoms with Gasteiger partial charge in [-0.2, -0.15) is 0 Å². The number of carbonyl (C=O) groups is 2. The molecule has 0 unspecified atom stereocenters. The third kappa shape index (κ3) is 4.14. The summed E-state index contributed by atoms with van der Waals surface area (Å²) in [5.74, 6) is -0.430. The van der Waals surface area contributed by atoms with Gasteiger partial charge in [-0.15, -0.1) is 0 Å². The van der Waals surface area contributed by atoms with Crippen molar-refractivity contribution < 1.29 is 9.59 Å². The Bertz CT molecular complexity index is 661. The molecule has 1 radical (unpaired) electrons. The molecule has 4 nitrogen and oxygen atoms in total. The van der Waals surface area contributed by atoms with Gasteiger partial charge in [-0.25, -0.2) is 10.0 Å². The first-order valence-corrected chi connectivity index (χ1v) is 8.37. The number of rotatable bonds is 5. The molecule has 3 rings (SSSR count). The van der Waals surface area contributed by atoms with Gasteiger partial charge in [-0.05, 0) is 43.0 Å². The van der Waals surface area contributed by atoms with E-state index in [1.54, 1.807) is 0 Å². The fraction of sp³-hybridized carbons (Fsp3) is 0.300. The number of carbonyl (C=O) groups excluding carboxylic acids is 2. The summed E-state index contributed by atoms with van der Waals surface area (Å²) in [6.07, 6.45) is 1.44. The summed E-state index contributed by atoms with van der Waals surface area (Å²) in [5.41, 5.74) is 1.43. The van der Waals surface area contributed by atoms with E-state index < -0.39 is 5.92 Å². The Hall–Kier alpha value is -1.62. The Morgan fingerprint density at radius 2 is 1.20 bits per heavy atom. The first-order chi connectivity index (χ1) is 11.6. The molecular formula is C20H22N2NaO2. The average Bonchev–Trinajstić information content (AvgIpc) is 2.85. The molecule has 1 fully saturated rings. The van der Waals surface area contributed by atoms with Crippen molar-refractivity contribution in [1.82, 2.24) is 0 Å². The molecule has 0 saturated carbocycles. The molecule has 0 aliphatic carbocycles. The summed E-state index contributed by atoms with van der Waals surface area (Å²) >= 11 is 0. The molecule has 0 spiro atoms. The second kappa shape index (κ2) is 8.65. The van der Waals surface area contributed by atoms with Gasteiger partial charge in [0.2, 0.25) is 0 Å². The van der Waals surface area contributed by atoms with E-state index in [2.05, 4.69) is 13.8 Å². The van der Waals surface area contributed by atoms with Crippen molar-refractivity contribution in [2.45, 2.75) is 26.7 Å². The molecule has 2 aromatic carbocycles. The van der Waals surface area contributed by atoms with Gasteiger partial charge >= 0.3 is 0 Å². The number of hydrogen-bond donors (Lipinski definition) is 0. The molecule has 25 heavy (non-hydrogen) atoms. The predicted molar refractivity (Wildman–Crippen MR) is 101 cm³/mol. The fourth-order valence-corrected chi connectivity index (χ4v) is 2.97. The van der Waals surface area contributed by atoms with Crippen LogP contribution >= 0.6 is 0 Å². The first kappa shape index (κ1) is 19.7. The molecule has 1 aliphatic rings. The summed E-state index contributed by atoms with van der Waals surface area (Å²) in [4.78, 5) is 26.0. The third-order valence-electron chi connectivity index (χ3n) is 4.25. The topological polar surface area (TPSA) is 40.6 Å². The maximum atomic E-state index is 13.0. The van der Waals surface area contributed by atoms with Gasteiger partial charge in [0.05, 0.1) is 11.4 Å². The quantitative estimate of drug-likeness (QED) is 0.613. The maximum absolute atomic E-state index is 13.0. The van der Waals surface area contributed by atoms with Crippen LogP contribution in [0.4, 0.5) is 11.4 Å². The monoisotopic (exact) mass is 345 g/mol. The van der Waals surface area contributed by atoms with Crippen molar-refractivity contribution in [2.75, 3.05) is 10.0 Å². The van der Waals surface area contributed by atoms with Crippen LogP contribution in [0.2, 0.25) is 0 Å². The van der Waals surface area contributed by atoms with Gasteiger partial charge < -0.3 is 0 Å². The zero-order valence-corrected chi connectivity index (χ0v) is 17.1. The van der Waals surface area contributed by atoms with E-state index in [-0.39, 0.29) is 41.4 Å². The maximum Gasteiger partial charge on any atom is 0.258 e. The van der Waals surface area contributed by atoms with Crippen molar-refractivity contribution >= 4 is 52.7 Å². The summed E-state index contributed by atoms with van der Waals surface area (Å²) in [6, 6.07) is 18.7. The number of para-hydroxylation sites is 2. The standard InChI is InChI=1S/C20H22N2O2.Na/c1-15(2)13-14-18-19(23)21(16-9-5-3-6-10-16)22(20(18)24)17-11-7-4-8-12-17;/h3-12,15,18H,13-14H2,1-2H3;. The number of hydrazine groups is 1. The van der Waals surface area contributed by atoms with E-state index in [0.717, 1.165) is 6.42 Å². The molecule has 125 valence electrons. The number of nitrogens with zero attached hydrogens (tertiary/aromatic N) is 2. The number of amides is 2. The van der Waals surface area contributed by atoms with Crippen molar-refractivity contribution in [3.05, 3.63) is 60.7 Å². The van der Waals surface area contributed by atoms with Crippen LogP contribution in [0.25, 0.3) is 0 Å². The summed E-state index contributed by atoms with van der Waals surface area (Å²) in [5, 5.41) is 3.03. The van der Waals surface area contributed by atoms with Crippen LogP contribution in [-0.2, 0) is 9.59 Å². The molecule has 1 aliphatic heterocycles. The van der Waals surface area contributed by atoms with Crippen molar-refractivity contribution in [3.63, 3.8) is 0 Å². The van der Waals surface area contributed by atoms with E-state index in [1.165, 1.54) is 10.0 Å².